The van der Waals surface area contributed by atoms with Gasteiger partial charge in [-0.2, -0.15) is 0 Å². The highest BCUT2D eigenvalue weighted by Gasteiger charge is 2.35. The van der Waals surface area contributed by atoms with E-state index < -0.39 is 17.2 Å². The number of aromatic hydroxyl groups is 2. The smallest absolute Gasteiger partial charge is 0.314 e. The lowest BCUT2D eigenvalue weighted by Crippen LogP contribution is -2.53. The fourth-order valence-corrected chi connectivity index (χ4v) is 1.34. The SMILES string of the molecule is B[C@@H](c1ccc(O)c(O)c1)C(B)(N)C(=O)O. The standard InChI is InChI=1S/C9H13B2NO4/c10-7(9(11,12)8(15)16)4-1-2-5(13)6(14)3-4/h1-3,7,13-14H,10-12H2,(H,15,16)/t7-,9?/m0/s1. The molecule has 0 fully saturated rings. The van der Waals surface area contributed by atoms with Gasteiger partial charge in [0.15, 0.2) is 11.5 Å². The number of benzene rings is 1. The predicted molar refractivity (Wildman–Crippen MR) is 64.2 cm³/mol. The first-order chi connectivity index (χ1) is 7.26. The zero-order chi connectivity index (χ0) is 12.5. The van der Waals surface area contributed by atoms with E-state index in [1.165, 1.54) is 26.0 Å². The van der Waals surface area contributed by atoms with Crippen LogP contribution in [0, 0.1) is 0 Å². The monoisotopic (exact) mass is 221 g/mol. The van der Waals surface area contributed by atoms with Crippen molar-refractivity contribution in [3.8, 4) is 11.5 Å². The molecule has 1 aromatic rings. The van der Waals surface area contributed by atoms with Crippen molar-refractivity contribution in [1.29, 1.82) is 0 Å². The molecule has 0 amide bonds. The Morgan fingerprint density at radius 2 is 1.94 bits per heavy atom. The number of aliphatic carboxylic acids is 1. The Morgan fingerprint density at radius 3 is 2.38 bits per heavy atom. The van der Waals surface area contributed by atoms with E-state index in [1.807, 2.05) is 0 Å². The Labute approximate surface area is 94.7 Å². The summed E-state index contributed by atoms with van der Waals surface area (Å²) in [6, 6.07) is 4.15. The highest BCUT2D eigenvalue weighted by molar-refractivity contribution is 6.33. The molecule has 5 nitrogen and oxygen atoms in total. The van der Waals surface area contributed by atoms with E-state index in [1.54, 1.807) is 7.85 Å². The Morgan fingerprint density at radius 1 is 1.38 bits per heavy atom. The van der Waals surface area contributed by atoms with Gasteiger partial charge in [-0.3, -0.25) is 4.79 Å². The second-order valence-electron chi connectivity index (χ2n) is 4.06. The van der Waals surface area contributed by atoms with Crippen LogP contribution in [0.3, 0.4) is 0 Å². The fourth-order valence-electron chi connectivity index (χ4n) is 1.34. The van der Waals surface area contributed by atoms with E-state index in [4.69, 9.17) is 15.9 Å². The minimum Gasteiger partial charge on any atom is -0.504 e. The molecule has 0 saturated heterocycles. The molecule has 5 N–H and O–H groups in total. The number of carboxylic acid groups (broad SMARTS) is 1. The fraction of sp³-hybridized carbons (Fsp3) is 0.222. The van der Waals surface area contributed by atoms with Crippen molar-refractivity contribution in [2.24, 2.45) is 5.73 Å². The van der Waals surface area contributed by atoms with E-state index in [0.29, 0.717) is 5.56 Å². The molecule has 1 rings (SSSR count). The van der Waals surface area contributed by atoms with E-state index in [0.717, 1.165) is 0 Å². The summed E-state index contributed by atoms with van der Waals surface area (Å²) in [5.41, 5.74) is 4.81. The summed E-state index contributed by atoms with van der Waals surface area (Å²) in [5.74, 6) is -2.14. The third-order valence-electron chi connectivity index (χ3n) is 2.86. The minimum atomic E-state index is -1.43. The molecule has 0 aliphatic heterocycles. The Kier molecular flexibility index (Phi) is 3.19. The molecule has 0 aliphatic carbocycles. The molecule has 7 heteroatoms. The van der Waals surface area contributed by atoms with E-state index in [-0.39, 0.29) is 11.5 Å². The maximum atomic E-state index is 11.0. The van der Waals surface area contributed by atoms with Crippen molar-refractivity contribution >= 4 is 21.7 Å². The number of rotatable bonds is 3. The Balaban J connectivity index is 3.10. The first-order valence-corrected chi connectivity index (χ1v) is 4.81. The van der Waals surface area contributed by atoms with Crippen molar-refractivity contribution in [2.45, 2.75) is 11.3 Å². The average molecular weight is 221 g/mol. The number of carboxylic acids is 1. The summed E-state index contributed by atoms with van der Waals surface area (Å²) < 4.78 is 0. The van der Waals surface area contributed by atoms with Crippen LogP contribution in [0.5, 0.6) is 11.5 Å². The quantitative estimate of drug-likeness (QED) is 0.354. The van der Waals surface area contributed by atoms with Crippen LogP contribution in [0.1, 0.15) is 11.4 Å². The number of phenols is 2. The van der Waals surface area contributed by atoms with Crippen molar-refractivity contribution < 1.29 is 20.1 Å². The van der Waals surface area contributed by atoms with E-state index in [9.17, 15) is 9.90 Å². The van der Waals surface area contributed by atoms with E-state index >= 15 is 0 Å². The molecule has 84 valence electrons. The maximum absolute atomic E-state index is 11.0. The van der Waals surface area contributed by atoms with Gasteiger partial charge in [-0.15, -0.1) is 0 Å². The maximum Gasteiger partial charge on any atom is 0.314 e. The molecule has 0 aliphatic rings. The van der Waals surface area contributed by atoms with Crippen LogP contribution in [0.4, 0.5) is 0 Å². The molecular formula is C9H13B2NO4. The van der Waals surface area contributed by atoms with Gasteiger partial charge in [0.1, 0.15) is 15.7 Å². The lowest BCUT2D eigenvalue weighted by Gasteiger charge is -2.27. The topological polar surface area (TPSA) is 104 Å². The molecule has 0 bridgehead atoms. The molecule has 2 atom stereocenters. The van der Waals surface area contributed by atoms with Gasteiger partial charge in [0.25, 0.3) is 0 Å². The molecular weight excluding hydrogens is 208 g/mol. The molecule has 0 saturated carbocycles. The largest absolute Gasteiger partial charge is 0.504 e. The van der Waals surface area contributed by atoms with Crippen LogP contribution in [0.25, 0.3) is 0 Å². The zero-order valence-corrected chi connectivity index (χ0v) is 9.14. The van der Waals surface area contributed by atoms with Crippen LogP contribution in [-0.2, 0) is 4.79 Å². The molecule has 1 unspecified atom stereocenters. The third-order valence-corrected chi connectivity index (χ3v) is 2.86. The second-order valence-corrected chi connectivity index (χ2v) is 4.06. The first kappa shape index (κ1) is 12.4. The van der Waals surface area contributed by atoms with Gasteiger partial charge in [0.05, 0.1) is 5.44 Å². The van der Waals surface area contributed by atoms with Crippen molar-refractivity contribution in [3.05, 3.63) is 23.8 Å². The average Bonchev–Trinajstić information content (AvgIpc) is 2.20. The lowest BCUT2D eigenvalue weighted by molar-refractivity contribution is -0.140. The normalized spacial score (nSPS) is 16.3. The van der Waals surface area contributed by atoms with Crippen LogP contribution >= 0.6 is 0 Å². The van der Waals surface area contributed by atoms with Crippen LogP contribution in [0.2, 0.25) is 0 Å². The van der Waals surface area contributed by atoms with Gasteiger partial charge >= 0.3 is 5.97 Å². The third kappa shape index (κ3) is 2.14. The second kappa shape index (κ2) is 4.09. The molecule has 16 heavy (non-hydrogen) atoms. The summed E-state index contributed by atoms with van der Waals surface area (Å²) in [6.07, 6.45) is 0. The van der Waals surface area contributed by atoms with Crippen LogP contribution in [0.15, 0.2) is 18.2 Å². The van der Waals surface area contributed by atoms with Gasteiger partial charge in [-0.1, -0.05) is 6.07 Å². The van der Waals surface area contributed by atoms with Gasteiger partial charge < -0.3 is 21.1 Å². The number of carbonyl (C=O) groups is 1. The summed E-state index contributed by atoms with van der Waals surface area (Å²) in [6.45, 7) is 0. The highest BCUT2D eigenvalue weighted by atomic mass is 16.4. The number of phenolic OH excluding ortho intramolecular Hbond substituents is 2. The number of hydrogen-bond donors (Lipinski definition) is 4. The van der Waals surface area contributed by atoms with Gasteiger partial charge in [-0.05, 0) is 23.5 Å². The first-order valence-electron chi connectivity index (χ1n) is 4.81. The highest BCUT2D eigenvalue weighted by Crippen LogP contribution is 2.30. The summed E-state index contributed by atoms with van der Waals surface area (Å²) in [4.78, 5) is 11.0. The Bertz CT molecular complexity index is 422. The van der Waals surface area contributed by atoms with Gasteiger partial charge in [0.2, 0.25) is 0 Å². The number of nitrogens with two attached hydrogens (primary N) is 1. The molecule has 0 aromatic heterocycles. The summed E-state index contributed by atoms with van der Waals surface area (Å²) in [5, 5.41) is 27.4. The Hall–Kier alpha value is -1.62. The van der Waals surface area contributed by atoms with Crippen LogP contribution in [-0.4, -0.2) is 42.4 Å². The van der Waals surface area contributed by atoms with Crippen molar-refractivity contribution in [1.82, 2.24) is 0 Å². The van der Waals surface area contributed by atoms with Crippen molar-refractivity contribution in [3.63, 3.8) is 0 Å². The summed E-state index contributed by atoms with van der Waals surface area (Å²) in [7, 11) is 3.06. The molecule has 0 spiro atoms. The lowest BCUT2D eigenvalue weighted by atomic mass is 9.58. The van der Waals surface area contributed by atoms with Crippen LogP contribution < -0.4 is 5.73 Å². The molecule has 1 aromatic carbocycles. The van der Waals surface area contributed by atoms with Gasteiger partial charge in [0, 0.05) is 0 Å². The minimum absolute atomic E-state index is 0.245. The van der Waals surface area contributed by atoms with Gasteiger partial charge in [-0.25, -0.2) is 0 Å². The molecule has 0 radical (unpaired) electrons. The molecule has 0 heterocycles. The zero-order valence-electron chi connectivity index (χ0n) is 9.14. The summed E-state index contributed by atoms with van der Waals surface area (Å²) >= 11 is 0. The van der Waals surface area contributed by atoms with Crippen molar-refractivity contribution in [2.75, 3.05) is 0 Å². The van der Waals surface area contributed by atoms with E-state index in [2.05, 4.69) is 0 Å². The predicted octanol–water partition coefficient (Wildman–Crippen LogP) is -1.86. The number of hydrogen-bond acceptors (Lipinski definition) is 4.